The molecule has 0 aliphatic carbocycles. The van der Waals surface area contributed by atoms with Gasteiger partial charge in [-0.15, -0.1) is 11.6 Å². The summed E-state index contributed by atoms with van der Waals surface area (Å²) in [6.45, 7) is 0.0529. The zero-order valence-electron chi connectivity index (χ0n) is 11.5. The fourth-order valence-corrected chi connectivity index (χ4v) is 5.19. The Bertz CT molecular complexity index is 669. The largest absolute Gasteiger partial charge is 0.243 e. The number of hydrogen-bond acceptors (Lipinski definition) is 4. The average molecular weight is 352 g/mol. The summed E-state index contributed by atoms with van der Waals surface area (Å²) in [6.07, 6.45) is 1.66. The molecule has 1 aliphatic heterocycles. The topological polar surface area (TPSA) is 71.5 Å². The molecule has 8 heteroatoms. The van der Waals surface area contributed by atoms with Crippen LogP contribution in [0.4, 0.5) is 0 Å². The molecule has 118 valence electrons. The SMILES string of the molecule is O=S1(=O)CCN(S(=O)(=O)c2ccc(CCCCl)cc2)CC1. The highest BCUT2D eigenvalue weighted by atomic mass is 35.5. The fourth-order valence-electron chi connectivity index (χ4n) is 2.18. The molecule has 0 N–H and O–H groups in total. The molecule has 0 saturated carbocycles. The third kappa shape index (κ3) is 4.18. The number of halogens is 1. The lowest BCUT2D eigenvalue weighted by atomic mass is 10.1. The maximum atomic E-state index is 12.4. The highest BCUT2D eigenvalue weighted by Gasteiger charge is 2.30. The number of benzene rings is 1. The molecule has 1 saturated heterocycles. The van der Waals surface area contributed by atoms with Crippen LogP contribution < -0.4 is 0 Å². The third-order valence-corrected chi connectivity index (χ3v) is 7.25. The van der Waals surface area contributed by atoms with Crippen molar-refractivity contribution in [2.24, 2.45) is 0 Å². The first kappa shape index (κ1) is 16.7. The molecule has 0 amide bonds. The standard InChI is InChI=1S/C13H18ClNO4S2/c14-7-1-2-12-3-5-13(6-4-12)21(18,19)15-8-10-20(16,17)11-9-15/h3-6H,1-2,7-11H2. The van der Waals surface area contributed by atoms with E-state index in [2.05, 4.69) is 0 Å². The van der Waals surface area contributed by atoms with Gasteiger partial charge in [0.25, 0.3) is 0 Å². The van der Waals surface area contributed by atoms with Crippen molar-refractivity contribution in [3.8, 4) is 0 Å². The van der Waals surface area contributed by atoms with E-state index in [0.717, 1.165) is 18.4 Å². The van der Waals surface area contributed by atoms with Gasteiger partial charge in [-0.25, -0.2) is 16.8 Å². The summed E-state index contributed by atoms with van der Waals surface area (Å²) in [5, 5.41) is 0. The van der Waals surface area contributed by atoms with E-state index in [9.17, 15) is 16.8 Å². The molecule has 5 nitrogen and oxygen atoms in total. The first-order valence-corrected chi connectivity index (χ1v) is 10.5. The van der Waals surface area contributed by atoms with Crippen LogP contribution in [0.15, 0.2) is 29.2 Å². The molecule has 0 unspecified atom stereocenters. The summed E-state index contributed by atoms with van der Waals surface area (Å²) in [5.74, 6) is 0.350. The molecule has 0 atom stereocenters. The zero-order chi connectivity index (χ0) is 15.5. The maximum absolute atomic E-state index is 12.4. The lowest BCUT2D eigenvalue weighted by Crippen LogP contribution is -2.43. The Morgan fingerprint density at radius 1 is 1.10 bits per heavy atom. The van der Waals surface area contributed by atoms with Crippen LogP contribution in [-0.2, 0) is 26.3 Å². The van der Waals surface area contributed by atoms with Gasteiger partial charge in [0.15, 0.2) is 9.84 Å². The number of alkyl halides is 1. The van der Waals surface area contributed by atoms with E-state index in [-0.39, 0.29) is 29.5 Å². The van der Waals surface area contributed by atoms with Crippen molar-refractivity contribution in [2.45, 2.75) is 17.7 Å². The molecule has 1 aromatic carbocycles. The normalized spacial score (nSPS) is 19.5. The summed E-state index contributed by atoms with van der Waals surface area (Å²) in [5.41, 5.74) is 1.04. The van der Waals surface area contributed by atoms with Gasteiger partial charge in [0.1, 0.15) is 0 Å². The van der Waals surface area contributed by atoms with E-state index in [4.69, 9.17) is 11.6 Å². The van der Waals surface area contributed by atoms with Crippen molar-refractivity contribution < 1.29 is 16.8 Å². The fraction of sp³-hybridized carbons (Fsp3) is 0.538. The van der Waals surface area contributed by atoms with Gasteiger partial charge in [0, 0.05) is 19.0 Å². The Morgan fingerprint density at radius 3 is 2.19 bits per heavy atom. The van der Waals surface area contributed by atoms with Crippen LogP contribution in [0.2, 0.25) is 0 Å². The van der Waals surface area contributed by atoms with Crippen molar-refractivity contribution >= 4 is 31.5 Å². The van der Waals surface area contributed by atoms with E-state index < -0.39 is 19.9 Å². The number of nitrogens with zero attached hydrogens (tertiary/aromatic N) is 1. The van der Waals surface area contributed by atoms with Crippen LogP contribution in [0.1, 0.15) is 12.0 Å². The second kappa shape index (κ2) is 6.64. The number of rotatable bonds is 5. The highest BCUT2D eigenvalue weighted by molar-refractivity contribution is 7.92. The van der Waals surface area contributed by atoms with Crippen LogP contribution in [-0.4, -0.2) is 51.6 Å². The quantitative estimate of drug-likeness (QED) is 0.749. The smallest absolute Gasteiger partial charge is 0.229 e. The van der Waals surface area contributed by atoms with E-state index in [1.165, 1.54) is 4.31 Å². The number of sulfonamides is 1. The van der Waals surface area contributed by atoms with Crippen LogP contribution in [0, 0.1) is 0 Å². The molecule has 1 aliphatic rings. The molecule has 1 aromatic rings. The average Bonchev–Trinajstić information content (AvgIpc) is 2.45. The van der Waals surface area contributed by atoms with Gasteiger partial charge in [0.05, 0.1) is 16.4 Å². The van der Waals surface area contributed by atoms with Gasteiger partial charge in [0.2, 0.25) is 10.0 Å². The van der Waals surface area contributed by atoms with Gasteiger partial charge in [-0.05, 0) is 30.5 Å². The monoisotopic (exact) mass is 351 g/mol. The Kier molecular flexibility index (Phi) is 5.29. The van der Waals surface area contributed by atoms with Crippen LogP contribution in [0.25, 0.3) is 0 Å². The Morgan fingerprint density at radius 2 is 1.67 bits per heavy atom. The molecule has 0 radical (unpaired) electrons. The van der Waals surface area contributed by atoms with Gasteiger partial charge < -0.3 is 0 Å². The first-order chi connectivity index (χ1) is 9.85. The van der Waals surface area contributed by atoms with Crippen molar-refractivity contribution in [1.29, 1.82) is 0 Å². The number of hydrogen-bond donors (Lipinski definition) is 0. The third-order valence-electron chi connectivity index (χ3n) is 3.46. The van der Waals surface area contributed by atoms with Crippen molar-refractivity contribution in [3.63, 3.8) is 0 Å². The lowest BCUT2D eigenvalue weighted by molar-refractivity contribution is 0.431. The molecule has 1 heterocycles. The van der Waals surface area contributed by atoms with Crippen LogP contribution in [0.5, 0.6) is 0 Å². The number of aryl methyl sites for hydroxylation is 1. The van der Waals surface area contributed by atoms with Crippen LogP contribution >= 0.6 is 11.6 Å². The Balaban J connectivity index is 2.12. The highest BCUT2D eigenvalue weighted by Crippen LogP contribution is 2.19. The zero-order valence-corrected chi connectivity index (χ0v) is 13.9. The van der Waals surface area contributed by atoms with E-state index in [0.29, 0.717) is 5.88 Å². The molecule has 2 rings (SSSR count). The van der Waals surface area contributed by atoms with E-state index in [1.54, 1.807) is 24.3 Å². The van der Waals surface area contributed by atoms with Crippen molar-refractivity contribution in [3.05, 3.63) is 29.8 Å². The first-order valence-electron chi connectivity index (χ1n) is 6.71. The lowest BCUT2D eigenvalue weighted by Gasteiger charge is -2.26. The molecule has 0 bridgehead atoms. The minimum atomic E-state index is -3.61. The second-order valence-corrected chi connectivity index (χ2v) is 9.61. The maximum Gasteiger partial charge on any atom is 0.243 e. The van der Waals surface area contributed by atoms with Crippen molar-refractivity contribution in [1.82, 2.24) is 4.31 Å². The molecule has 0 aromatic heterocycles. The summed E-state index contributed by atoms with van der Waals surface area (Å²) in [6, 6.07) is 6.70. The van der Waals surface area contributed by atoms with Gasteiger partial charge in [-0.1, -0.05) is 12.1 Å². The van der Waals surface area contributed by atoms with Gasteiger partial charge >= 0.3 is 0 Å². The molecular formula is C13H18ClNO4S2. The van der Waals surface area contributed by atoms with Crippen LogP contribution in [0.3, 0.4) is 0 Å². The van der Waals surface area contributed by atoms with E-state index in [1.807, 2.05) is 0 Å². The predicted octanol–water partition coefficient (Wildman–Crippen LogP) is 1.28. The summed E-state index contributed by atoms with van der Waals surface area (Å²) in [4.78, 5) is 0.205. The minimum Gasteiger partial charge on any atom is -0.229 e. The summed E-state index contributed by atoms with van der Waals surface area (Å²) in [7, 11) is -6.70. The second-order valence-electron chi connectivity index (χ2n) is 4.99. The van der Waals surface area contributed by atoms with E-state index >= 15 is 0 Å². The number of sulfone groups is 1. The van der Waals surface area contributed by atoms with Gasteiger partial charge in [-0.3, -0.25) is 0 Å². The molecule has 1 fully saturated rings. The molecular weight excluding hydrogens is 334 g/mol. The Hall–Kier alpha value is -0.630. The molecule has 0 spiro atoms. The van der Waals surface area contributed by atoms with Crippen molar-refractivity contribution in [2.75, 3.05) is 30.5 Å². The summed E-state index contributed by atoms with van der Waals surface area (Å²) < 4.78 is 48.8. The predicted molar refractivity (Wildman–Crippen MR) is 82.9 cm³/mol. The Labute approximate surface area is 130 Å². The molecule has 21 heavy (non-hydrogen) atoms. The van der Waals surface area contributed by atoms with Gasteiger partial charge in [-0.2, -0.15) is 4.31 Å². The minimum absolute atomic E-state index is 0.0265. The summed E-state index contributed by atoms with van der Waals surface area (Å²) >= 11 is 5.63.